The molecule has 0 aliphatic carbocycles. The van der Waals surface area contributed by atoms with Gasteiger partial charge in [0.1, 0.15) is 0 Å². The fourth-order valence-corrected chi connectivity index (χ4v) is 4.01. The molecule has 1 fully saturated rings. The van der Waals surface area contributed by atoms with E-state index in [0.29, 0.717) is 44.4 Å². The Labute approximate surface area is 181 Å². The molecule has 11 heteroatoms. The first kappa shape index (κ1) is 20.9. The molecule has 0 N–H and O–H groups in total. The summed E-state index contributed by atoms with van der Waals surface area (Å²) in [5.41, 5.74) is -0.553. The Hall–Kier alpha value is -3.31. The fourth-order valence-electron chi connectivity index (χ4n) is 3.36. The third-order valence-corrected chi connectivity index (χ3v) is 5.99. The third-order valence-electron chi connectivity index (χ3n) is 5.13. The van der Waals surface area contributed by atoms with Crippen molar-refractivity contribution >= 4 is 23.3 Å². The molecule has 0 radical (unpaired) electrons. The van der Waals surface area contributed by atoms with Gasteiger partial charge in [-0.3, -0.25) is 19.1 Å². The minimum Gasteiger partial charge on any atom is -0.337 e. The molecule has 4 rings (SSSR count). The van der Waals surface area contributed by atoms with Crippen LogP contribution in [0.2, 0.25) is 0 Å². The van der Waals surface area contributed by atoms with Gasteiger partial charge in [0, 0.05) is 52.5 Å². The van der Waals surface area contributed by atoms with Crippen molar-refractivity contribution in [1.29, 1.82) is 0 Å². The van der Waals surface area contributed by atoms with Crippen LogP contribution in [-0.2, 0) is 25.4 Å². The summed E-state index contributed by atoms with van der Waals surface area (Å²) in [7, 11) is 2.98. The summed E-state index contributed by atoms with van der Waals surface area (Å²) in [5, 5.41) is 6.00. The Balaban J connectivity index is 1.33. The van der Waals surface area contributed by atoms with Gasteiger partial charge in [-0.15, -0.1) is 11.3 Å². The summed E-state index contributed by atoms with van der Waals surface area (Å²) in [6.07, 6.45) is 4.27. The van der Waals surface area contributed by atoms with E-state index in [4.69, 9.17) is 4.52 Å². The Kier molecular flexibility index (Phi) is 5.96. The van der Waals surface area contributed by atoms with Crippen LogP contribution < -0.4 is 11.2 Å². The zero-order valence-corrected chi connectivity index (χ0v) is 18.0. The van der Waals surface area contributed by atoms with Gasteiger partial charge in [0.15, 0.2) is 5.82 Å². The van der Waals surface area contributed by atoms with Crippen molar-refractivity contribution in [3.05, 3.63) is 62.0 Å². The molecular weight excluding hydrogens is 420 g/mol. The molecule has 31 heavy (non-hydrogen) atoms. The lowest BCUT2D eigenvalue weighted by Gasteiger charge is -2.33. The number of nitrogens with zero attached hydrogens (tertiary/aromatic N) is 6. The largest absolute Gasteiger partial charge is 0.337 e. The molecule has 3 aromatic heterocycles. The number of thiophene rings is 1. The Bertz CT molecular complexity index is 1220. The van der Waals surface area contributed by atoms with E-state index in [1.807, 2.05) is 17.5 Å². The Morgan fingerprint density at radius 1 is 1.23 bits per heavy atom. The van der Waals surface area contributed by atoms with Crippen LogP contribution in [0, 0.1) is 0 Å². The summed E-state index contributed by atoms with van der Waals surface area (Å²) >= 11 is 1.55. The molecule has 0 spiro atoms. The van der Waals surface area contributed by atoms with Crippen LogP contribution >= 0.6 is 11.3 Å². The normalized spacial score (nSPS) is 15.1. The van der Waals surface area contributed by atoms with Crippen molar-refractivity contribution in [1.82, 2.24) is 29.1 Å². The van der Waals surface area contributed by atoms with E-state index >= 15 is 0 Å². The SMILES string of the molecule is Cn1cc(/C=C/C(=O)N2CCN(Cc3noc(-c4cccs4)n3)CC2)c(=O)n(C)c1=O. The van der Waals surface area contributed by atoms with Crippen molar-refractivity contribution in [2.75, 3.05) is 26.2 Å². The molecule has 1 aliphatic heterocycles. The van der Waals surface area contributed by atoms with E-state index in [1.54, 1.807) is 23.3 Å². The highest BCUT2D eigenvalue weighted by Crippen LogP contribution is 2.22. The summed E-state index contributed by atoms with van der Waals surface area (Å²) in [4.78, 5) is 45.7. The number of hydrogen-bond acceptors (Lipinski definition) is 8. The van der Waals surface area contributed by atoms with Crippen LogP contribution in [0.3, 0.4) is 0 Å². The number of rotatable bonds is 5. The number of hydrogen-bond donors (Lipinski definition) is 0. The van der Waals surface area contributed by atoms with Gasteiger partial charge < -0.3 is 14.0 Å². The molecule has 1 aliphatic rings. The minimum atomic E-state index is -0.431. The van der Waals surface area contributed by atoms with Crippen molar-refractivity contribution in [2.24, 2.45) is 14.1 Å². The molecule has 4 heterocycles. The average Bonchev–Trinajstić information content (AvgIpc) is 3.46. The van der Waals surface area contributed by atoms with E-state index in [1.165, 1.54) is 30.0 Å². The molecule has 0 saturated carbocycles. The third kappa shape index (κ3) is 4.57. The molecule has 1 amide bonds. The maximum absolute atomic E-state index is 12.5. The second-order valence-corrected chi connectivity index (χ2v) is 8.22. The number of piperazine rings is 1. The van der Waals surface area contributed by atoms with Crippen LogP contribution in [-0.4, -0.2) is 61.2 Å². The first-order valence-corrected chi connectivity index (χ1v) is 10.6. The van der Waals surface area contributed by atoms with Crippen LogP contribution in [0.5, 0.6) is 0 Å². The second kappa shape index (κ2) is 8.82. The summed E-state index contributed by atoms with van der Waals surface area (Å²) in [6, 6.07) is 3.87. The molecule has 3 aromatic rings. The van der Waals surface area contributed by atoms with Gasteiger partial charge in [-0.2, -0.15) is 4.98 Å². The molecule has 0 atom stereocenters. The lowest BCUT2D eigenvalue weighted by atomic mass is 10.2. The monoisotopic (exact) mass is 442 g/mol. The van der Waals surface area contributed by atoms with Gasteiger partial charge in [0.25, 0.3) is 11.4 Å². The van der Waals surface area contributed by atoms with Crippen molar-refractivity contribution in [2.45, 2.75) is 6.54 Å². The first-order chi connectivity index (χ1) is 14.9. The zero-order valence-electron chi connectivity index (χ0n) is 17.2. The molecule has 0 aromatic carbocycles. The van der Waals surface area contributed by atoms with Crippen molar-refractivity contribution < 1.29 is 9.32 Å². The molecule has 0 bridgehead atoms. The lowest BCUT2D eigenvalue weighted by molar-refractivity contribution is -0.127. The predicted octanol–water partition coefficient (Wildman–Crippen LogP) is 0.553. The van der Waals surface area contributed by atoms with E-state index in [2.05, 4.69) is 15.0 Å². The fraction of sp³-hybridized carbons (Fsp3) is 0.350. The van der Waals surface area contributed by atoms with Gasteiger partial charge in [0.2, 0.25) is 5.91 Å². The van der Waals surface area contributed by atoms with Gasteiger partial charge in [0.05, 0.1) is 17.0 Å². The number of aromatic nitrogens is 4. The highest BCUT2D eigenvalue weighted by molar-refractivity contribution is 7.13. The van der Waals surface area contributed by atoms with Crippen LogP contribution in [0.4, 0.5) is 0 Å². The summed E-state index contributed by atoms with van der Waals surface area (Å²) in [6.45, 7) is 3.04. The average molecular weight is 443 g/mol. The molecule has 10 nitrogen and oxygen atoms in total. The first-order valence-electron chi connectivity index (χ1n) is 9.75. The lowest BCUT2D eigenvalue weighted by Crippen LogP contribution is -2.47. The molecular formula is C20H22N6O4S. The van der Waals surface area contributed by atoms with Crippen LogP contribution in [0.25, 0.3) is 16.8 Å². The van der Waals surface area contributed by atoms with Crippen LogP contribution in [0.1, 0.15) is 11.4 Å². The van der Waals surface area contributed by atoms with E-state index in [9.17, 15) is 14.4 Å². The summed E-state index contributed by atoms with van der Waals surface area (Å²) < 4.78 is 7.65. The highest BCUT2D eigenvalue weighted by atomic mass is 32.1. The number of carbonyl (C=O) groups is 1. The smallest absolute Gasteiger partial charge is 0.330 e. The van der Waals surface area contributed by atoms with Gasteiger partial charge >= 0.3 is 5.69 Å². The highest BCUT2D eigenvalue weighted by Gasteiger charge is 2.21. The quantitative estimate of drug-likeness (QED) is 0.531. The van der Waals surface area contributed by atoms with Crippen molar-refractivity contribution in [3.8, 4) is 10.8 Å². The topological polar surface area (TPSA) is 106 Å². The minimum absolute atomic E-state index is 0.171. The van der Waals surface area contributed by atoms with Gasteiger partial charge in [-0.25, -0.2) is 4.79 Å². The molecule has 162 valence electrons. The van der Waals surface area contributed by atoms with E-state index in [-0.39, 0.29) is 11.5 Å². The van der Waals surface area contributed by atoms with Crippen LogP contribution in [0.15, 0.2) is 43.9 Å². The maximum atomic E-state index is 12.5. The standard InChI is InChI=1S/C20H22N6O4S/c1-23-12-14(19(28)24(2)20(23)29)5-6-17(27)26-9-7-25(8-10-26)13-16-21-18(30-22-16)15-4-3-11-31-15/h3-6,11-12H,7-10,13H2,1-2H3/b6-5+. The van der Waals surface area contributed by atoms with Crippen molar-refractivity contribution in [3.63, 3.8) is 0 Å². The number of aryl methyl sites for hydroxylation is 1. The predicted molar refractivity (Wildman–Crippen MR) is 115 cm³/mol. The maximum Gasteiger partial charge on any atom is 0.330 e. The number of carbonyl (C=O) groups excluding carboxylic acids is 1. The Morgan fingerprint density at radius 3 is 2.71 bits per heavy atom. The second-order valence-electron chi connectivity index (χ2n) is 7.27. The molecule has 1 saturated heterocycles. The van der Waals surface area contributed by atoms with E-state index in [0.717, 1.165) is 9.44 Å². The Morgan fingerprint density at radius 2 is 2.00 bits per heavy atom. The van der Waals surface area contributed by atoms with E-state index < -0.39 is 11.2 Å². The molecule has 0 unspecified atom stereocenters. The zero-order chi connectivity index (χ0) is 22.0. The van der Waals surface area contributed by atoms with Gasteiger partial charge in [-0.05, 0) is 17.5 Å². The summed E-state index contributed by atoms with van der Waals surface area (Å²) in [5.74, 6) is 0.970. The van der Waals surface area contributed by atoms with Gasteiger partial charge in [-0.1, -0.05) is 11.2 Å². The number of amides is 1.